The van der Waals surface area contributed by atoms with Crippen molar-refractivity contribution < 1.29 is 27.3 Å². The van der Waals surface area contributed by atoms with Crippen molar-refractivity contribution >= 4 is 33.2 Å². The lowest BCUT2D eigenvalue weighted by Crippen LogP contribution is -2.29. The second kappa shape index (κ2) is 8.55. The number of ether oxygens (including phenoxy) is 1. The van der Waals surface area contributed by atoms with Crippen molar-refractivity contribution in [2.45, 2.75) is 19.2 Å². The summed E-state index contributed by atoms with van der Waals surface area (Å²) in [5, 5.41) is 9.81. The summed E-state index contributed by atoms with van der Waals surface area (Å²) in [6.45, 7) is 3.98. The molecule has 0 unspecified atom stereocenters. The Hall–Kier alpha value is -3.92. The largest absolute Gasteiger partial charge is 0.494 e. The second-order valence-corrected chi connectivity index (χ2v) is 9.28. The van der Waals surface area contributed by atoms with Gasteiger partial charge in [0.15, 0.2) is 5.37 Å². The van der Waals surface area contributed by atoms with Crippen LogP contribution in [0.1, 0.15) is 29.4 Å². The van der Waals surface area contributed by atoms with Crippen molar-refractivity contribution in [1.29, 1.82) is 0 Å². The van der Waals surface area contributed by atoms with E-state index in [1.54, 1.807) is 43.3 Å². The number of nitro benzene ring substituents is 1. The highest BCUT2D eigenvalue weighted by Gasteiger charge is 2.50. The fourth-order valence-electron chi connectivity index (χ4n) is 3.65. The number of aryl methyl sites for hydroxylation is 1. The molecule has 2 heterocycles. The molecule has 0 N–H and O–H groups in total. The molecule has 0 spiro atoms. The van der Waals surface area contributed by atoms with Crippen molar-refractivity contribution in [3.8, 4) is 5.75 Å². The number of nitro groups is 1. The van der Waals surface area contributed by atoms with Gasteiger partial charge in [-0.1, -0.05) is 12.1 Å². The molecule has 1 aromatic heterocycles. The van der Waals surface area contributed by atoms with Gasteiger partial charge in [0.25, 0.3) is 11.6 Å². The first-order valence-electron chi connectivity index (χ1n) is 10.0. The second-order valence-electron chi connectivity index (χ2n) is 7.31. The van der Waals surface area contributed by atoms with Crippen LogP contribution in [-0.4, -0.2) is 25.9 Å². The number of carbonyl (C=O) groups excluding carboxylic acids is 1. The minimum Gasteiger partial charge on any atom is -0.494 e. The highest BCUT2D eigenvalue weighted by Crippen LogP contribution is 2.44. The number of rotatable bonds is 6. The topological polar surface area (TPSA) is 120 Å². The Morgan fingerprint density at radius 2 is 1.88 bits per heavy atom. The first kappa shape index (κ1) is 22.3. The molecule has 33 heavy (non-hydrogen) atoms. The van der Waals surface area contributed by atoms with Crippen LogP contribution in [0.5, 0.6) is 5.75 Å². The van der Waals surface area contributed by atoms with Crippen LogP contribution < -0.4 is 9.64 Å². The number of amides is 1. The Balaban J connectivity index is 1.89. The Morgan fingerprint density at radius 1 is 1.15 bits per heavy atom. The fourth-order valence-corrected chi connectivity index (χ4v) is 5.52. The molecule has 1 aliphatic heterocycles. The quantitative estimate of drug-likeness (QED) is 0.299. The van der Waals surface area contributed by atoms with Crippen molar-refractivity contribution in [2.75, 3.05) is 11.5 Å². The number of carbonyl (C=O) groups is 1. The van der Waals surface area contributed by atoms with Crippen LogP contribution in [0.2, 0.25) is 0 Å². The third-order valence-electron chi connectivity index (χ3n) is 5.09. The van der Waals surface area contributed by atoms with Gasteiger partial charge >= 0.3 is 0 Å². The number of nitrogens with zero attached hydrogens (tertiary/aromatic N) is 2. The lowest BCUT2D eigenvalue weighted by atomic mass is 10.1. The molecule has 0 bridgehead atoms. The van der Waals surface area contributed by atoms with Gasteiger partial charge in [0.05, 0.1) is 11.5 Å². The molecule has 10 heteroatoms. The molecular formula is C23H20N2O7S. The maximum Gasteiger partial charge on any atom is 0.271 e. The Kier molecular flexibility index (Phi) is 5.77. The van der Waals surface area contributed by atoms with Gasteiger partial charge in [0.2, 0.25) is 9.84 Å². The van der Waals surface area contributed by atoms with Gasteiger partial charge in [0, 0.05) is 23.9 Å². The molecule has 9 nitrogen and oxygen atoms in total. The van der Waals surface area contributed by atoms with Crippen LogP contribution >= 0.6 is 0 Å². The summed E-state index contributed by atoms with van der Waals surface area (Å²) in [5.41, 5.74) is 0.133. The first-order valence-corrected chi connectivity index (χ1v) is 11.6. The van der Waals surface area contributed by atoms with Crippen molar-refractivity contribution in [1.82, 2.24) is 0 Å². The van der Waals surface area contributed by atoms with Crippen molar-refractivity contribution in [2.24, 2.45) is 0 Å². The average Bonchev–Trinajstić information content (AvgIpc) is 3.28. The van der Waals surface area contributed by atoms with Crippen LogP contribution in [-0.2, 0) is 14.6 Å². The van der Waals surface area contributed by atoms with Crippen LogP contribution in [0.4, 0.5) is 11.4 Å². The molecule has 1 atom stereocenters. The van der Waals surface area contributed by atoms with Gasteiger partial charge in [-0.2, -0.15) is 0 Å². The molecule has 0 saturated carbocycles. The highest BCUT2D eigenvalue weighted by molar-refractivity contribution is 7.97. The number of non-ortho nitro benzene ring substituents is 1. The molecule has 3 aromatic rings. The molecule has 1 fully saturated rings. The average molecular weight is 468 g/mol. The molecule has 2 aromatic carbocycles. The lowest BCUT2D eigenvalue weighted by molar-refractivity contribution is -0.384. The monoisotopic (exact) mass is 468 g/mol. The van der Waals surface area contributed by atoms with E-state index in [1.807, 2.05) is 6.92 Å². The lowest BCUT2D eigenvalue weighted by Gasteiger charge is -2.23. The van der Waals surface area contributed by atoms with E-state index in [0.717, 1.165) is 11.0 Å². The third-order valence-corrected chi connectivity index (χ3v) is 7.07. The molecule has 170 valence electrons. The van der Waals surface area contributed by atoms with E-state index in [0.29, 0.717) is 23.8 Å². The number of hydrogen-bond acceptors (Lipinski definition) is 7. The number of sulfone groups is 1. The van der Waals surface area contributed by atoms with Crippen LogP contribution in [0.3, 0.4) is 0 Å². The summed E-state index contributed by atoms with van der Waals surface area (Å²) in [6.07, 6.45) is 1.18. The Labute approximate surface area is 190 Å². The number of benzene rings is 2. The minimum atomic E-state index is -4.26. The van der Waals surface area contributed by atoms with Crippen molar-refractivity contribution in [3.63, 3.8) is 0 Å². The van der Waals surface area contributed by atoms with Gasteiger partial charge in [-0.05, 0) is 55.8 Å². The number of furan rings is 1. The third kappa shape index (κ3) is 4.12. The van der Waals surface area contributed by atoms with E-state index in [-0.39, 0.29) is 17.0 Å². The predicted octanol–water partition coefficient (Wildman–Crippen LogP) is 4.40. The van der Waals surface area contributed by atoms with E-state index < -0.39 is 30.9 Å². The fraction of sp³-hybridized carbons (Fsp3) is 0.174. The van der Waals surface area contributed by atoms with Gasteiger partial charge < -0.3 is 9.15 Å². The maximum absolute atomic E-state index is 13.6. The smallest absolute Gasteiger partial charge is 0.271 e. The van der Waals surface area contributed by atoms with E-state index >= 15 is 0 Å². The molecule has 0 radical (unpaired) electrons. The summed E-state index contributed by atoms with van der Waals surface area (Å²) in [5.74, 6) is 0.572. The molecular weight excluding hydrogens is 448 g/mol. The Morgan fingerprint density at radius 3 is 2.48 bits per heavy atom. The van der Waals surface area contributed by atoms with Crippen LogP contribution in [0.15, 0.2) is 70.0 Å². The predicted molar refractivity (Wildman–Crippen MR) is 121 cm³/mol. The zero-order chi connectivity index (χ0) is 23.8. The van der Waals surface area contributed by atoms with Crippen LogP contribution in [0.25, 0.3) is 6.08 Å². The number of hydrogen-bond donors (Lipinski definition) is 0. The SMILES string of the molecule is CCOc1ccc(N2C(=O)/C(=C\c3ccc(C)o3)S(=O)(=O)[C@H]2c2cccc([N+](=O)[O-])c2)cc1. The van der Waals surface area contributed by atoms with E-state index in [2.05, 4.69) is 0 Å². The minimum absolute atomic E-state index is 0.102. The molecule has 0 aliphatic carbocycles. The Bertz CT molecular complexity index is 1360. The molecule has 1 aliphatic rings. The normalized spacial score (nSPS) is 18.6. The van der Waals surface area contributed by atoms with Gasteiger partial charge in [0.1, 0.15) is 22.2 Å². The van der Waals surface area contributed by atoms with Gasteiger partial charge in [-0.15, -0.1) is 0 Å². The molecule has 4 rings (SSSR count). The van der Waals surface area contributed by atoms with E-state index in [9.17, 15) is 23.3 Å². The van der Waals surface area contributed by atoms with E-state index in [1.165, 1.54) is 24.3 Å². The molecule has 1 saturated heterocycles. The zero-order valence-electron chi connectivity index (χ0n) is 17.8. The summed E-state index contributed by atoms with van der Waals surface area (Å²) in [7, 11) is -4.26. The summed E-state index contributed by atoms with van der Waals surface area (Å²) < 4.78 is 38.0. The summed E-state index contributed by atoms with van der Waals surface area (Å²) in [4.78, 5) is 24.8. The van der Waals surface area contributed by atoms with Gasteiger partial charge in [-0.3, -0.25) is 19.8 Å². The van der Waals surface area contributed by atoms with E-state index in [4.69, 9.17) is 9.15 Å². The standard InChI is InChI=1S/C23H20N2O7S/c1-3-31-19-11-8-17(9-12-19)24-22(26)21(14-20-10-7-15(2)32-20)33(29,30)23(24)16-5-4-6-18(13-16)25(27)28/h4-14,23H,3H2,1-2H3/b21-14+/t23-/m0/s1. The number of anilines is 1. The molecule has 1 amide bonds. The highest BCUT2D eigenvalue weighted by atomic mass is 32.2. The van der Waals surface area contributed by atoms with Crippen molar-refractivity contribution in [3.05, 3.63) is 92.8 Å². The summed E-state index contributed by atoms with van der Waals surface area (Å²) in [6, 6.07) is 14.9. The summed E-state index contributed by atoms with van der Waals surface area (Å²) >= 11 is 0. The zero-order valence-corrected chi connectivity index (χ0v) is 18.6. The van der Waals surface area contributed by atoms with Gasteiger partial charge in [-0.25, -0.2) is 8.42 Å². The van der Waals surface area contributed by atoms with Crippen LogP contribution in [0, 0.1) is 17.0 Å². The first-order chi connectivity index (χ1) is 15.7. The maximum atomic E-state index is 13.6.